The number of amides is 1. The van der Waals surface area contributed by atoms with E-state index in [0.29, 0.717) is 6.61 Å². The number of hydrogen-bond acceptors (Lipinski definition) is 6. The Hall–Kier alpha value is -2.45. The third-order valence-corrected chi connectivity index (χ3v) is 2.49. The fourth-order valence-corrected chi connectivity index (χ4v) is 1.41. The van der Waals surface area contributed by atoms with E-state index in [-0.39, 0.29) is 37.2 Å². The Morgan fingerprint density at radius 1 is 1.55 bits per heavy atom. The van der Waals surface area contributed by atoms with Crippen LogP contribution in [0, 0.1) is 10.1 Å². The van der Waals surface area contributed by atoms with Crippen molar-refractivity contribution in [2.45, 2.75) is 19.9 Å². The van der Waals surface area contributed by atoms with Crippen LogP contribution >= 0.6 is 0 Å². The summed E-state index contributed by atoms with van der Waals surface area (Å²) in [6.45, 7) is 2.11. The van der Waals surface area contributed by atoms with Crippen molar-refractivity contribution in [1.82, 2.24) is 14.7 Å². The van der Waals surface area contributed by atoms with E-state index in [1.807, 2.05) is 0 Å². The predicted molar refractivity (Wildman–Crippen MR) is 67.8 cm³/mol. The van der Waals surface area contributed by atoms with Crippen LogP contribution in [0.2, 0.25) is 0 Å². The monoisotopic (exact) mass is 284 g/mol. The summed E-state index contributed by atoms with van der Waals surface area (Å²) in [6.07, 6.45) is 1.46. The lowest BCUT2D eigenvalue weighted by atomic mass is 10.4. The number of ether oxygens (including phenoxy) is 1. The van der Waals surface area contributed by atoms with E-state index in [1.165, 1.54) is 21.8 Å². The molecule has 0 aliphatic rings. The Morgan fingerprint density at radius 3 is 2.80 bits per heavy atom. The Bertz CT molecular complexity index is 499. The van der Waals surface area contributed by atoms with Gasteiger partial charge in [-0.25, -0.2) is 0 Å². The summed E-state index contributed by atoms with van der Waals surface area (Å²) < 4.78 is 5.93. The van der Waals surface area contributed by atoms with Gasteiger partial charge in [-0.1, -0.05) is 0 Å². The minimum atomic E-state index is -0.633. The molecule has 0 N–H and O–H groups in total. The highest BCUT2D eigenvalue weighted by Gasteiger charge is 2.16. The first-order valence-electron chi connectivity index (χ1n) is 6.01. The van der Waals surface area contributed by atoms with Crippen LogP contribution in [0.5, 0.6) is 0 Å². The normalized spacial score (nSPS) is 10.1. The van der Waals surface area contributed by atoms with E-state index in [9.17, 15) is 19.7 Å². The second kappa shape index (κ2) is 7.22. The summed E-state index contributed by atoms with van der Waals surface area (Å²) in [5.74, 6) is -0.985. The summed E-state index contributed by atoms with van der Waals surface area (Å²) in [7, 11) is 1.54. The molecule has 0 aromatic carbocycles. The Labute approximate surface area is 115 Å². The molecule has 110 valence electrons. The number of hydrogen-bond donors (Lipinski definition) is 0. The van der Waals surface area contributed by atoms with Crippen molar-refractivity contribution in [3.05, 3.63) is 22.4 Å². The van der Waals surface area contributed by atoms with Crippen molar-refractivity contribution in [2.75, 3.05) is 20.2 Å². The lowest BCUT2D eigenvalue weighted by Crippen LogP contribution is -2.32. The van der Waals surface area contributed by atoms with Crippen LogP contribution in [0.25, 0.3) is 0 Å². The summed E-state index contributed by atoms with van der Waals surface area (Å²) >= 11 is 0. The van der Waals surface area contributed by atoms with E-state index in [1.54, 1.807) is 14.0 Å². The van der Waals surface area contributed by atoms with Gasteiger partial charge in [0.05, 0.1) is 30.4 Å². The quantitative estimate of drug-likeness (QED) is 0.402. The molecule has 0 bridgehead atoms. The second-order valence-electron chi connectivity index (χ2n) is 4.00. The molecule has 0 unspecified atom stereocenters. The van der Waals surface area contributed by atoms with Gasteiger partial charge >= 0.3 is 11.8 Å². The van der Waals surface area contributed by atoms with Crippen molar-refractivity contribution in [1.29, 1.82) is 0 Å². The number of aromatic nitrogens is 2. The zero-order valence-corrected chi connectivity index (χ0v) is 11.3. The molecule has 0 atom stereocenters. The van der Waals surface area contributed by atoms with Gasteiger partial charge in [-0.2, -0.15) is 4.68 Å². The lowest BCUT2D eigenvalue weighted by Gasteiger charge is -2.15. The summed E-state index contributed by atoms with van der Waals surface area (Å²) in [5.41, 5.74) is 0. The van der Waals surface area contributed by atoms with Crippen molar-refractivity contribution in [2.24, 2.45) is 0 Å². The first kappa shape index (κ1) is 15.6. The molecular formula is C11H16N4O5. The number of nitrogens with zero attached hydrogens (tertiary/aromatic N) is 4. The summed E-state index contributed by atoms with van der Waals surface area (Å²) in [5, 5.41) is 14.1. The molecule has 0 saturated carbocycles. The molecule has 0 fully saturated rings. The van der Waals surface area contributed by atoms with Gasteiger partial charge in [0.1, 0.15) is 6.54 Å². The van der Waals surface area contributed by atoms with Gasteiger partial charge in [-0.05, 0) is 11.8 Å². The van der Waals surface area contributed by atoms with Crippen molar-refractivity contribution >= 4 is 17.7 Å². The average Bonchev–Trinajstić information content (AvgIpc) is 2.85. The molecule has 0 aliphatic carbocycles. The van der Waals surface area contributed by atoms with Crippen LogP contribution in [-0.4, -0.2) is 51.7 Å². The van der Waals surface area contributed by atoms with Crippen LogP contribution in [0.4, 0.5) is 5.82 Å². The van der Waals surface area contributed by atoms with E-state index in [0.717, 1.165) is 0 Å². The molecular weight excluding hydrogens is 268 g/mol. The molecule has 0 aliphatic heterocycles. The maximum atomic E-state index is 11.8. The number of carbonyl (C=O) groups excluding carboxylic acids is 2. The summed E-state index contributed by atoms with van der Waals surface area (Å²) in [6, 6.07) is 1.21. The van der Waals surface area contributed by atoms with Crippen molar-refractivity contribution in [3.63, 3.8) is 0 Å². The molecule has 20 heavy (non-hydrogen) atoms. The zero-order chi connectivity index (χ0) is 15.1. The molecule has 1 amide bonds. The molecule has 1 heterocycles. The fraction of sp³-hybridized carbons (Fsp3) is 0.545. The second-order valence-corrected chi connectivity index (χ2v) is 4.00. The van der Waals surface area contributed by atoms with Crippen LogP contribution in [0.1, 0.15) is 13.3 Å². The number of esters is 1. The molecule has 9 nitrogen and oxygen atoms in total. The largest absolute Gasteiger partial charge is 0.466 e. The highest BCUT2D eigenvalue weighted by atomic mass is 16.6. The third kappa shape index (κ3) is 4.67. The van der Waals surface area contributed by atoms with E-state index < -0.39 is 4.92 Å². The lowest BCUT2D eigenvalue weighted by molar-refractivity contribution is -0.389. The molecule has 1 aromatic heterocycles. The van der Waals surface area contributed by atoms with Gasteiger partial charge in [-0.15, -0.1) is 0 Å². The molecule has 0 radical (unpaired) electrons. The van der Waals surface area contributed by atoms with E-state index in [4.69, 9.17) is 4.74 Å². The first-order chi connectivity index (χ1) is 9.43. The van der Waals surface area contributed by atoms with Gasteiger partial charge in [-0.3, -0.25) is 9.59 Å². The topological polar surface area (TPSA) is 108 Å². The minimum Gasteiger partial charge on any atom is -0.466 e. The van der Waals surface area contributed by atoms with E-state index in [2.05, 4.69) is 5.10 Å². The minimum absolute atomic E-state index is 0.106. The maximum Gasteiger partial charge on any atom is 0.389 e. The number of rotatable bonds is 7. The number of nitro groups is 1. The predicted octanol–water partition coefficient (Wildman–Crippen LogP) is 0.203. The Kier molecular flexibility index (Phi) is 5.63. The highest BCUT2D eigenvalue weighted by Crippen LogP contribution is 2.05. The van der Waals surface area contributed by atoms with Crippen molar-refractivity contribution < 1.29 is 19.2 Å². The van der Waals surface area contributed by atoms with Crippen LogP contribution in [0.15, 0.2) is 12.3 Å². The van der Waals surface area contributed by atoms with Gasteiger partial charge < -0.3 is 19.8 Å². The molecule has 9 heteroatoms. The maximum absolute atomic E-state index is 11.8. The highest BCUT2D eigenvalue weighted by molar-refractivity contribution is 5.76. The third-order valence-electron chi connectivity index (χ3n) is 2.49. The van der Waals surface area contributed by atoms with Gasteiger partial charge in [0.25, 0.3) is 0 Å². The fourth-order valence-electron chi connectivity index (χ4n) is 1.41. The number of carbonyl (C=O) groups is 2. The zero-order valence-electron chi connectivity index (χ0n) is 11.3. The van der Waals surface area contributed by atoms with Crippen LogP contribution < -0.4 is 0 Å². The van der Waals surface area contributed by atoms with Gasteiger partial charge in [0.15, 0.2) is 0 Å². The average molecular weight is 284 g/mol. The standard InChI is InChI=1S/C11H16N4O5/c1-3-20-11(17)5-6-13(2)10(16)8-14-7-4-9(12-14)15(18)19/h4,7H,3,5-6,8H2,1-2H3. The summed E-state index contributed by atoms with van der Waals surface area (Å²) in [4.78, 5) is 34.1. The molecule has 1 rings (SSSR count). The van der Waals surface area contributed by atoms with Crippen LogP contribution in [0.3, 0.4) is 0 Å². The van der Waals surface area contributed by atoms with Gasteiger partial charge in [0, 0.05) is 13.6 Å². The SMILES string of the molecule is CCOC(=O)CCN(C)C(=O)Cn1ccc([N+](=O)[O-])n1. The van der Waals surface area contributed by atoms with Gasteiger partial charge in [0.2, 0.25) is 5.91 Å². The molecule has 0 spiro atoms. The van der Waals surface area contributed by atoms with E-state index >= 15 is 0 Å². The van der Waals surface area contributed by atoms with Crippen LogP contribution in [-0.2, 0) is 20.9 Å². The van der Waals surface area contributed by atoms with Crippen molar-refractivity contribution in [3.8, 4) is 0 Å². The Balaban J connectivity index is 2.44. The molecule has 0 saturated heterocycles. The smallest absolute Gasteiger partial charge is 0.389 e. The molecule has 1 aromatic rings. The first-order valence-corrected chi connectivity index (χ1v) is 6.01. The number of likely N-dealkylation sites (N-methyl/N-ethyl adjacent to an activating group) is 1. The Morgan fingerprint density at radius 2 is 2.25 bits per heavy atom.